The van der Waals surface area contributed by atoms with Gasteiger partial charge in [-0.25, -0.2) is 19.2 Å². The summed E-state index contributed by atoms with van der Waals surface area (Å²) in [5.74, 6) is -0.545. The van der Waals surface area contributed by atoms with Crippen molar-refractivity contribution in [1.29, 1.82) is 10.5 Å². The molecule has 0 bridgehead atoms. The van der Waals surface area contributed by atoms with Crippen molar-refractivity contribution in [1.82, 2.24) is 9.97 Å². The first-order valence-electron chi connectivity index (χ1n) is 14.8. The van der Waals surface area contributed by atoms with Gasteiger partial charge in [-0.1, -0.05) is 33.8 Å². The van der Waals surface area contributed by atoms with E-state index in [4.69, 9.17) is 9.16 Å². The molecule has 1 N–H and O–H groups in total. The van der Waals surface area contributed by atoms with Crippen molar-refractivity contribution in [2.24, 2.45) is 0 Å². The number of fused-ring (bicyclic) bond motifs is 1. The molecule has 0 radical (unpaired) electrons. The van der Waals surface area contributed by atoms with E-state index >= 15 is 4.39 Å². The van der Waals surface area contributed by atoms with Crippen LogP contribution in [-0.2, 0) is 14.6 Å². The number of nitrogens with one attached hydrogen (secondary N) is 1. The molecule has 4 rings (SSSR count). The minimum absolute atomic E-state index is 0.00993. The SMILES string of the molecule is Cc1ccc(C#N)cc1Nc1ncc(F)c(-c2cc(C#N)c3c(c2)[C@@](C)(CO[Si](C)(C)C(C)(C)C)CN3C(=O)OC(C)(C)C)n1. The zero-order chi connectivity index (χ0) is 33.5. The Labute approximate surface area is 266 Å². The van der Waals surface area contributed by atoms with E-state index in [2.05, 4.69) is 61.3 Å². The summed E-state index contributed by atoms with van der Waals surface area (Å²) in [6.45, 7) is 20.5. The molecule has 1 aliphatic rings. The maximum absolute atomic E-state index is 15.4. The maximum Gasteiger partial charge on any atom is 0.414 e. The van der Waals surface area contributed by atoms with E-state index in [0.29, 0.717) is 28.1 Å². The van der Waals surface area contributed by atoms with Crippen LogP contribution in [0.5, 0.6) is 0 Å². The van der Waals surface area contributed by atoms with E-state index in [9.17, 15) is 15.3 Å². The highest BCUT2D eigenvalue weighted by Crippen LogP contribution is 2.47. The minimum atomic E-state index is -2.20. The Bertz CT molecular complexity index is 1730. The average molecular weight is 629 g/mol. The molecule has 3 aromatic rings. The Kier molecular flexibility index (Phi) is 8.86. The summed E-state index contributed by atoms with van der Waals surface area (Å²) in [6, 6.07) is 12.8. The van der Waals surface area contributed by atoms with Gasteiger partial charge < -0.3 is 14.5 Å². The summed E-state index contributed by atoms with van der Waals surface area (Å²) in [5, 5.41) is 22.7. The molecule has 1 atom stereocenters. The lowest BCUT2D eigenvalue weighted by atomic mass is 9.83. The average Bonchev–Trinajstić information content (AvgIpc) is 3.25. The summed E-state index contributed by atoms with van der Waals surface area (Å²) >= 11 is 0. The van der Waals surface area contributed by atoms with Gasteiger partial charge >= 0.3 is 6.09 Å². The van der Waals surface area contributed by atoms with Crippen molar-refractivity contribution >= 4 is 31.7 Å². The molecular weight excluding hydrogens is 587 g/mol. The third-order valence-corrected chi connectivity index (χ3v) is 12.9. The molecule has 9 nitrogen and oxygen atoms in total. The van der Waals surface area contributed by atoms with E-state index in [1.807, 2.05) is 13.8 Å². The molecule has 1 aromatic heterocycles. The standard InChI is InChI=1S/C34H41FN6O3Si/c1-21-11-12-22(16-36)13-27(21)39-30-38-18-26(35)28(40-30)23-14-24(17-37)29-25(15-23)34(8,20-43-45(9,10)33(5,6)7)19-41(29)31(42)44-32(2,3)4/h11-15,18H,19-20H2,1-10H3,(H,38,39,40)/t34-/m1/s1. The van der Waals surface area contributed by atoms with Crippen LogP contribution in [0.1, 0.15) is 70.7 Å². The summed E-state index contributed by atoms with van der Waals surface area (Å²) in [5.41, 5.74) is 2.08. The van der Waals surface area contributed by atoms with Crippen LogP contribution in [0.25, 0.3) is 11.3 Å². The summed E-state index contributed by atoms with van der Waals surface area (Å²) in [4.78, 5) is 23.6. The van der Waals surface area contributed by atoms with Gasteiger partial charge in [0.05, 0.1) is 29.1 Å². The third kappa shape index (κ3) is 7.00. The van der Waals surface area contributed by atoms with Crippen LogP contribution in [0, 0.1) is 35.4 Å². The van der Waals surface area contributed by atoms with Crippen LogP contribution in [0.2, 0.25) is 18.1 Å². The molecule has 0 saturated heterocycles. The number of hydrogen-bond donors (Lipinski definition) is 1. The molecule has 11 heteroatoms. The fraction of sp³-hybridized carbons (Fsp3) is 0.441. The number of benzene rings is 2. The van der Waals surface area contributed by atoms with Gasteiger partial charge in [-0.2, -0.15) is 10.5 Å². The number of hydrogen-bond acceptors (Lipinski definition) is 8. The van der Waals surface area contributed by atoms with E-state index in [1.54, 1.807) is 45.0 Å². The van der Waals surface area contributed by atoms with E-state index in [1.165, 1.54) is 11.0 Å². The van der Waals surface area contributed by atoms with Crippen molar-refractivity contribution in [2.75, 3.05) is 23.4 Å². The van der Waals surface area contributed by atoms with E-state index < -0.39 is 31.2 Å². The Morgan fingerprint density at radius 1 is 1.13 bits per heavy atom. The Morgan fingerprint density at radius 3 is 2.42 bits per heavy atom. The summed E-state index contributed by atoms with van der Waals surface area (Å²) in [7, 11) is -2.20. The molecule has 1 aliphatic heterocycles. The molecule has 2 aromatic carbocycles. The van der Waals surface area contributed by atoms with Crippen LogP contribution in [-0.4, -0.2) is 43.1 Å². The van der Waals surface area contributed by atoms with Crippen LogP contribution in [0.3, 0.4) is 0 Å². The molecule has 1 amide bonds. The maximum atomic E-state index is 15.4. The van der Waals surface area contributed by atoms with Crippen LogP contribution >= 0.6 is 0 Å². The third-order valence-electron chi connectivity index (χ3n) is 8.46. The first kappa shape index (κ1) is 33.6. The second-order valence-electron chi connectivity index (χ2n) is 14.4. The largest absolute Gasteiger partial charge is 0.443 e. The number of nitrogens with zero attached hydrogens (tertiary/aromatic N) is 5. The van der Waals surface area contributed by atoms with E-state index in [0.717, 1.165) is 11.8 Å². The molecule has 236 valence electrons. The molecule has 45 heavy (non-hydrogen) atoms. The second kappa shape index (κ2) is 11.9. The molecule has 0 aliphatic carbocycles. The normalized spacial score (nSPS) is 16.5. The highest BCUT2D eigenvalue weighted by molar-refractivity contribution is 6.74. The number of carbonyl (C=O) groups excluding carboxylic acids is 1. The van der Waals surface area contributed by atoms with Crippen molar-refractivity contribution in [2.45, 2.75) is 84.5 Å². The van der Waals surface area contributed by atoms with Gasteiger partial charge in [-0.3, -0.25) is 4.90 Å². The number of nitriles is 2. The van der Waals surface area contributed by atoms with Gasteiger partial charge in [0.15, 0.2) is 14.1 Å². The van der Waals surface area contributed by atoms with Gasteiger partial charge in [0.2, 0.25) is 5.95 Å². The summed E-state index contributed by atoms with van der Waals surface area (Å²) < 4.78 is 27.8. The monoisotopic (exact) mass is 628 g/mol. The number of anilines is 3. The van der Waals surface area contributed by atoms with Gasteiger partial charge in [0.1, 0.15) is 17.4 Å². The van der Waals surface area contributed by atoms with Crippen molar-refractivity contribution in [3.8, 4) is 23.4 Å². The minimum Gasteiger partial charge on any atom is -0.443 e. The molecule has 0 saturated carbocycles. The molecular formula is C34H41FN6O3Si. The lowest BCUT2D eigenvalue weighted by Gasteiger charge is -2.39. The smallest absolute Gasteiger partial charge is 0.414 e. The number of amides is 1. The van der Waals surface area contributed by atoms with E-state index in [-0.39, 0.29) is 35.4 Å². The Morgan fingerprint density at radius 2 is 1.82 bits per heavy atom. The van der Waals surface area contributed by atoms with Crippen molar-refractivity contribution in [3.63, 3.8) is 0 Å². The number of carbonyl (C=O) groups is 1. The highest BCUT2D eigenvalue weighted by atomic mass is 28.4. The quantitative estimate of drug-likeness (QED) is 0.272. The Hall–Kier alpha value is -4.32. The van der Waals surface area contributed by atoms with Crippen molar-refractivity contribution < 1.29 is 18.3 Å². The van der Waals surface area contributed by atoms with Crippen LogP contribution in [0.4, 0.5) is 26.5 Å². The number of aryl methyl sites for hydroxylation is 1. The highest BCUT2D eigenvalue weighted by Gasteiger charge is 2.47. The van der Waals surface area contributed by atoms with Gasteiger partial charge in [0.25, 0.3) is 0 Å². The zero-order valence-corrected chi connectivity index (χ0v) is 28.7. The predicted molar refractivity (Wildman–Crippen MR) is 175 cm³/mol. The zero-order valence-electron chi connectivity index (χ0n) is 27.7. The fourth-order valence-electron chi connectivity index (χ4n) is 4.85. The predicted octanol–water partition coefficient (Wildman–Crippen LogP) is 8.11. The Balaban J connectivity index is 1.84. The topological polar surface area (TPSA) is 124 Å². The molecule has 0 spiro atoms. The van der Waals surface area contributed by atoms with Gasteiger partial charge in [-0.05, 0) is 81.2 Å². The molecule has 0 fully saturated rings. The first-order chi connectivity index (χ1) is 20.8. The van der Waals surface area contributed by atoms with Crippen LogP contribution in [0.15, 0.2) is 36.5 Å². The van der Waals surface area contributed by atoms with Crippen LogP contribution < -0.4 is 10.2 Å². The fourth-order valence-corrected chi connectivity index (χ4v) is 5.96. The number of ether oxygens (including phenoxy) is 1. The second-order valence-corrected chi connectivity index (χ2v) is 19.2. The number of rotatable bonds is 6. The molecule has 0 unspecified atom stereocenters. The van der Waals surface area contributed by atoms with Gasteiger partial charge in [0, 0.05) is 29.8 Å². The van der Waals surface area contributed by atoms with Crippen molar-refractivity contribution in [3.05, 3.63) is 64.6 Å². The summed E-state index contributed by atoms with van der Waals surface area (Å²) in [6.07, 6.45) is 0.499. The lowest BCUT2D eigenvalue weighted by molar-refractivity contribution is 0.0575. The lowest BCUT2D eigenvalue weighted by Crippen LogP contribution is -2.46. The first-order valence-corrected chi connectivity index (χ1v) is 17.7. The number of halogens is 1. The number of aromatic nitrogens is 2. The van der Waals surface area contributed by atoms with Gasteiger partial charge in [-0.15, -0.1) is 0 Å². The molecule has 2 heterocycles.